The van der Waals surface area contributed by atoms with Crippen molar-refractivity contribution in [1.29, 1.82) is 0 Å². The number of para-hydroxylation sites is 1. The van der Waals surface area contributed by atoms with Crippen LogP contribution in [0.25, 0.3) is 0 Å². The molecule has 1 N–H and O–H groups in total. The fourth-order valence-electron chi connectivity index (χ4n) is 3.53. The molecule has 0 saturated carbocycles. The minimum atomic E-state index is -0.367. The Morgan fingerprint density at radius 1 is 1.22 bits per heavy atom. The Morgan fingerprint density at radius 2 is 2.00 bits per heavy atom. The van der Waals surface area contributed by atoms with E-state index in [1.807, 2.05) is 24.3 Å². The summed E-state index contributed by atoms with van der Waals surface area (Å²) < 4.78 is 19.9. The van der Waals surface area contributed by atoms with Gasteiger partial charge in [0, 0.05) is 36.3 Å². The van der Waals surface area contributed by atoms with Gasteiger partial charge in [-0.1, -0.05) is 35.9 Å². The number of nitrogens with zero attached hydrogens (tertiary/aromatic N) is 2. The molecule has 2 aromatic rings. The molecule has 1 heterocycles. The van der Waals surface area contributed by atoms with Crippen molar-refractivity contribution in [2.24, 2.45) is 0 Å². The molecule has 0 amide bonds. The predicted octanol–water partition coefficient (Wildman–Crippen LogP) is 3.55. The highest BCUT2D eigenvalue weighted by atomic mass is 35.5. The second-order valence-electron chi connectivity index (χ2n) is 7.22. The van der Waals surface area contributed by atoms with E-state index in [1.54, 1.807) is 12.1 Å². The highest BCUT2D eigenvalue weighted by molar-refractivity contribution is 6.31. The number of aliphatic hydroxyl groups is 1. The fourth-order valence-corrected chi connectivity index (χ4v) is 3.75. The van der Waals surface area contributed by atoms with Crippen LogP contribution in [-0.2, 0) is 13.2 Å². The second kappa shape index (κ2) is 9.02. The van der Waals surface area contributed by atoms with E-state index in [9.17, 15) is 9.50 Å². The Balaban J connectivity index is 1.72. The highest BCUT2D eigenvalue weighted by Crippen LogP contribution is 2.28. The maximum atomic E-state index is 14.0. The van der Waals surface area contributed by atoms with Gasteiger partial charge >= 0.3 is 0 Å². The van der Waals surface area contributed by atoms with Gasteiger partial charge in [0.15, 0.2) is 0 Å². The van der Waals surface area contributed by atoms with Gasteiger partial charge in [0.25, 0.3) is 0 Å². The van der Waals surface area contributed by atoms with Crippen molar-refractivity contribution in [3.05, 3.63) is 64.4 Å². The number of hydrogen-bond donors (Lipinski definition) is 1. The Bertz CT molecular complexity index is 751. The topological polar surface area (TPSA) is 35.9 Å². The molecular formula is C21H26ClFN2O2. The van der Waals surface area contributed by atoms with E-state index >= 15 is 0 Å². The minimum absolute atomic E-state index is 0.0757. The van der Waals surface area contributed by atoms with E-state index in [0.29, 0.717) is 28.9 Å². The first-order chi connectivity index (χ1) is 13.0. The lowest BCUT2D eigenvalue weighted by Crippen LogP contribution is -2.33. The van der Waals surface area contributed by atoms with E-state index < -0.39 is 0 Å². The standard InChI is InChI=1S/C21H26ClFN2O2/c1-24(2)16-10-17(13-26)25(12-16)11-15-6-3-4-9-21(15)27-14-18-19(22)7-5-8-20(18)23/h3-9,16-17,26H,10-14H2,1-2H3/t16-,17+/m1/s1. The zero-order valence-electron chi connectivity index (χ0n) is 15.7. The SMILES string of the molecule is CN(C)[C@@H]1C[C@@H](CO)N(Cc2ccccc2OCc2c(F)cccc2Cl)C1. The molecule has 4 nitrogen and oxygen atoms in total. The van der Waals surface area contributed by atoms with Crippen molar-refractivity contribution in [3.8, 4) is 5.75 Å². The summed E-state index contributed by atoms with van der Waals surface area (Å²) in [6, 6.07) is 12.9. The van der Waals surface area contributed by atoms with E-state index in [2.05, 4.69) is 23.9 Å². The Labute approximate surface area is 165 Å². The molecule has 0 aromatic heterocycles. The van der Waals surface area contributed by atoms with Crippen molar-refractivity contribution in [1.82, 2.24) is 9.80 Å². The van der Waals surface area contributed by atoms with Gasteiger partial charge in [-0.3, -0.25) is 4.90 Å². The maximum absolute atomic E-state index is 14.0. The van der Waals surface area contributed by atoms with Crippen LogP contribution in [0.4, 0.5) is 4.39 Å². The van der Waals surface area contributed by atoms with E-state index in [4.69, 9.17) is 16.3 Å². The molecule has 0 bridgehead atoms. The van der Waals surface area contributed by atoms with Crippen LogP contribution in [-0.4, -0.2) is 54.2 Å². The zero-order valence-corrected chi connectivity index (χ0v) is 16.5. The lowest BCUT2D eigenvalue weighted by atomic mass is 10.1. The molecule has 1 aliphatic heterocycles. The van der Waals surface area contributed by atoms with Crippen molar-refractivity contribution in [3.63, 3.8) is 0 Å². The van der Waals surface area contributed by atoms with Gasteiger partial charge in [-0.15, -0.1) is 0 Å². The van der Waals surface area contributed by atoms with Crippen molar-refractivity contribution in [2.45, 2.75) is 31.7 Å². The number of halogens is 2. The molecule has 0 unspecified atom stereocenters. The van der Waals surface area contributed by atoms with Crippen molar-refractivity contribution >= 4 is 11.6 Å². The van der Waals surface area contributed by atoms with Crippen LogP contribution in [0.3, 0.4) is 0 Å². The van der Waals surface area contributed by atoms with E-state index in [-0.39, 0.29) is 25.1 Å². The third-order valence-electron chi connectivity index (χ3n) is 5.23. The molecule has 2 atom stereocenters. The van der Waals surface area contributed by atoms with Gasteiger partial charge in [-0.05, 0) is 38.7 Å². The molecule has 1 aliphatic rings. The lowest BCUT2D eigenvalue weighted by molar-refractivity contribution is 0.151. The van der Waals surface area contributed by atoms with Gasteiger partial charge in [-0.2, -0.15) is 0 Å². The number of likely N-dealkylation sites (tertiary alicyclic amines) is 1. The lowest BCUT2D eigenvalue weighted by Gasteiger charge is -2.24. The van der Waals surface area contributed by atoms with Crippen LogP contribution in [0.2, 0.25) is 5.02 Å². The normalized spacial score (nSPS) is 20.4. The summed E-state index contributed by atoms with van der Waals surface area (Å²) in [6.07, 6.45) is 0.942. The van der Waals surface area contributed by atoms with Crippen LogP contribution in [0.15, 0.2) is 42.5 Å². The third-order valence-corrected chi connectivity index (χ3v) is 5.58. The van der Waals surface area contributed by atoms with Gasteiger partial charge in [0.2, 0.25) is 0 Å². The maximum Gasteiger partial charge on any atom is 0.131 e. The number of rotatable bonds is 7. The monoisotopic (exact) mass is 392 g/mol. The van der Waals surface area contributed by atoms with Crippen molar-refractivity contribution < 1.29 is 14.2 Å². The van der Waals surface area contributed by atoms with Crippen LogP contribution in [0.1, 0.15) is 17.5 Å². The molecule has 0 aliphatic carbocycles. The molecule has 0 radical (unpaired) electrons. The van der Waals surface area contributed by atoms with E-state index in [1.165, 1.54) is 6.07 Å². The summed E-state index contributed by atoms with van der Waals surface area (Å²) >= 11 is 6.10. The Kier molecular flexibility index (Phi) is 6.71. The molecule has 1 fully saturated rings. The summed E-state index contributed by atoms with van der Waals surface area (Å²) in [5.41, 5.74) is 1.37. The molecule has 2 aromatic carbocycles. The summed E-state index contributed by atoms with van der Waals surface area (Å²) in [4.78, 5) is 4.48. The van der Waals surface area contributed by atoms with Crippen LogP contribution in [0, 0.1) is 5.82 Å². The molecular weight excluding hydrogens is 367 g/mol. The molecule has 0 spiro atoms. The van der Waals surface area contributed by atoms with Crippen LogP contribution in [0.5, 0.6) is 5.75 Å². The summed E-state index contributed by atoms with van der Waals surface area (Å²) in [5, 5.41) is 10.1. The largest absolute Gasteiger partial charge is 0.488 e. The molecule has 6 heteroatoms. The molecule has 27 heavy (non-hydrogen) atoms. The fraction of sp³-hybridized carbons (Fsp3) is 0.429. The highest BCUT2D eigenvalue weighted by Gasteiger charge is 2.32. The van der Waals surface area contributed by atoms with Crippen LogP contribution < -0.4 is 4.74 Å². The summed E-state index contributed by atoms with van der Waals surface area (Å²) in [5.74, 6) is 0.343. The molecule has 1 saturated heterocycles. The van der Waals surface area contributed by atoms with Crippen LogP contribution >= 0.6 is 11.6 Å². The van der Waals surface area contributed by atoms with Crippen molar-refractivity contribution in [2.75, 3.05) is 27.2 Å². The minimum Gasteiger partial charge on any atom is -0.488 e. The summed E-state index contributed by atoms with van der Waals surface area (Å²) in [6.45, 7) is 1.78. The number of benzene rings is 2. The number of aliphatic hydroxyl groups excluding tert-OH is 1. The smallest absolute Gasteiger partial charge is 0.131 e. The quantitative estimate of drug-likeness (QED) is 0.781. The average molecular weight is 393 g/mol. The first kappa shape index (κ1) is 20.1. The number of ether oxygens (including phenoxy) is 1. The third kappa shape index (κ3) is 4.79. The first-order valence-electron chi connectivity index (χ1n) is 9.14. The Morgan fingerprint density at radius 3 is 2.70 bits per heavy atom. The number of hydrogen-bond acceptors (Lipinski definition) is 4. The average Bonchev–Trinajstić information content (AvgIpc) is 3.06. The van der Waals surface area contributed by atoms with Gasteiger partial charge in [-0.25, -0.2) is 4.39 Å². The predicted molar refractivity (Wildman–Crippen MR) is 106 cm³/mol. The van der Waals surface area contributed by atoms with Gasteiger partial charge in [0.05, 0.1) is 11.6 Å². The summed E-state index contributed by atoms with van der Waals surface area (Å²) in [7, 11) is 4.13. The van der Waals surface area contributed by atoms with Gasteiger partial charge < -0.3 is 14.7 Å². The Hall–Kier alpha value is -1.66. The first-order valence-corrected chi connectivity index (χ1v) is 9.52. The van der Waals surface area contributed by atoms with Gasteiger partial charge in [0.1, 0.15) is 18.2 Å². The molecule has 3 rings (SSSR count). The number of likely N-dealkylation sites (N-methyl/N-ethyl adjacent to an activating group) is 1. The second-order valence-corrected chi connectivity index (χ2v) is 7.62. The zero-order chi connectivity index (χ0) is 19.4. The molecule has 146 valence electrons. The van der Waals surface area contributed by atoms with E-state index in [0.717, 1.165) is 18.5 Å².